The summed E-state index contributed by atoms with van der Waals surface area (Å²) in [5.41, 5.74) is 4.73. The predicted octanol–water partition coefficient (Wildman–Crippen LogP) is 4.41. The first kappa shape index (κ1) is 17.2. The van der Waals surface area contributed by atoms with E-state index in [4.69, 9.17) is 4.74 Å². The lowest BCUT2D eigenvalue weighted by Gasteiger charge is -2.16. The molecule has 24 heavy (non-hydrogen) atoms. The Morgan fingerprint density at radius 3 is 3.08 bits per heavy atom. The third-order valence-electron chi connectivity index (χ3n) is 4.11. The van der Waals surface area contributed by atoms with Gasteiger partial charge in [-0.2, -0.15) is 5.10 Å². The molecule has 0 bridgehead atoms. The van der Waals surface area contributed by atoms with Gasteiger partial charge in [0.2, 0.25) is 0 Å². The summed E-state index contributed by atoms with van der Waals surface area (Å²) < 4.78 is 6.21. The maximum Gasteiger partial charge on any atom is 0.281 e. The van der Waals surface area contributed by atoms with Gasteiger partial charge in [0, 0.05) is 14.9 Å². The number of methoxy groups -OCH3 is 1. The monoisotopic (exact) mass is 406 g/mol. The highest BCUT2D eigenvalue weighted by Crippen LogP contribution is 2.32. The quantitative estimate of drug-likeness (QED) is 0.603. The fraction of sp³-hybridized carbons (Fsp3) is 0.333. The summed E-state index contributed by atoms with van der Waals surface area (Å²) in [5.74, 6) is 1.24. The molecule has 6 heteroatoms. The van der Waals surface area contributed by atoms with E-state index in [-0.39, 0.29) is 5.91 Å². The minimum atomic E-state index is -0.160. The second-order valence-corrected chi connectivity index (χ2v) is 8.04. The van der Waals surface area contributed by atoms with Crippen molar-refractivity contribution >= 4 is 39.4 Å². The molecule has 1 aromatic carbocycles. The number of rotatable bonds is 4. The topological polar surface area (TPSA) is 50.7 Å². The molecule has 1 aliphatic carbocycles. The SMILES string of the molecule is COc1ccc(Br)cc1/C=N\NC(=O)c1cc2c(s1)CC[C@@H](C)C2. The van der Waals surface area contributed by atoms with E-state index in [1.165, 1.54) is 16.9 Å². The lowest BCUT2D eigenvalue weighted by Crippen LogP contribution is -2.16. The summed E-state index contributed by atoms with van der Waals surface area (Å²) in [6.45, 7) is 2.26. The van der Waals surface area contributed by atoms with Gasteiger partial charge in [-0.25, -0.2) is 5.43 Å². The van der Waals surface area contributed by atoms with Crippen LogP contribution in [0.3, 0.4) is 0 Å². The second-order valence-electron chi connectivity index (χ2n) is 5.99. The molecule has 0 aliphatic heterocycles. The van der Waals surface area contributed by atoms with E-state index in [1.54, 1.807) is 24.7 Å². The number of carbonyl (C=O) groups excluding carboxylic acids is 1. The molecule has 3 rings (SSSR count). The van der Waals surface area contributed by atoms with Gasteiger partial charge < -0.3 is 4.74 Å². The Labute approximate surface area is 154 Å². The number of carbonyl (C=O) groups is 1. The van der Waals surface area contributed by atoms with Crippen molar-refractivity contribution in [1.29, 1.82) is 0 Å². The Bertz CT molecular complexity index is 785. The summed E-state index contributed by atoms with van der Waals surface area (Å²) in [6, 6.07) is 7.65. The van der Waals surface area contributed by atoms with E-state index in [1.807, 2.05) is 24.3 Å². The summed E-state index contributed by atoms with van der Waals surface area (Å²) in [7, 11) is 1.61. The van der Waals surface area contributed by atoms with Crippen LogP contribution in [0.5, 0.6) is 5.75 Å². The van der Waals surface area contributed by atoms with Gasteiger partial charge in [0.15, 0.2) is 0 Å². The zero-order valence-electron chi connectivity index (χ0n) is 13.6. The Kier molecular flexibility index (Phi) is 5.36. The van der Waals surface area contributed by atoms with Crippen LogP contribution < -0.4 is 10.2 Å². The first-order valence-electron chi connectivity index (χ1n) is 7.85. The number of aryl methyl sites for hydroxylation is 1. The van der Waals surface area contributed by atoms with Crippen molar-refractivity contribution in [2.75, 3.05) is 7.11 Å². The number of fused-ring (bicyclic) bond motifs is 1. The van der Waals surface area contributed by atoms with Crippen LogP contribution in [0, 0.1) is 5.92 Å². The third kappa shape index (κ3) is 3.87. The average Bonchev–Trinajstić information content (AvgIpc) is 2.98. The molecule has 0 saturated carbocycles. The molecule has 1 atom stereocenters. The molecular formula is C18H19BrN2O2S. The third-order valence-corrected chi connectivity index (χ3v) is 5.84. The Hall–Kier alpha value is -1.66. The number of thiophene rings is 1. The molecule has 0 unspecified atom stereocenters. The van der Waals surface area contributed by atoms with Gasteiger partial charge in [-0.05, 0) is 55.0 Å². The van der Waals surface area contributed by atoms with Gasteiger partial charge >= 0.3 is 0 Å². The number of nitrogens with one attached hydrogen (secondary N) is 1. The molecule has 126 valence electrons. The zero-order valence-corrected chi connectivity index (χ0v) is 16.0. The molecule has 1 aromatic heterocycles. The van der Waals surface area contributed by atoms with Crippen molar-refractivity contribution in [3.05, 3.63) is 49.6 Å². The average molecular weight is 407 g/mol. The van der Waals surface area contributed by atoms with Crippen molar-refractivity contribution in [2.24, 2.45) is 11.0 Å². The molecule has 1 aliphatic rings. The summed E-state index contributed by atoms with van der Waals surface area (Å²) in [5, 5.41) is 4.07. The number of amides is 1. The van der Waals surface area contributed by atoms with Crippen LogP contribution in [0.25, 0.3) is 0 Å². The molecule has 0 fully saturated rings. The Morgan fingerprint density at radius 2 is 2.29 bits per heavy atom. The van der Waals surface area contributed by atoms with Crippen LogP contribution in [0.15, 0.2) is 33.8 Å². The second kappa shape index (κ2) is 7.49. The van der Waals surface area contributed by atoms with E-state index in [0.717, 1.165) is 27.8 Å². The highest BCUT2D eigenvalue weighted by atomic mass is 79.9. The van der Waals surface area contributed by atoms with Gasteiger partial charge in [0.1, 0.15) is 5.75 Å². The lowest BCUT2D eigenvalue weighted by atomic mass is 9.90. The van der Waals surface area contributed by atoms with Crippen LogP contribution in [0.2, 0.25) is 0 Å². The Balaban J connectivity index is 1.69. The summed E-state index contributed by atoms with van der Waals surface area (Å²) in [4.78, 5) is 14.4. The van der Waals surface area contributed by atoms with Gasteiger partial charge in [-0.15, -0.1) is 11.3 Å². The van der Waals surface area contributed by atoms with E-state index < -0.39 is 0 Å². The van der Waals surface area contributed by atoms with Crippen molar-refractivity contribution in [3.63, 3.8) is 0 Å². The van der Waals surface area contributed by atoms with Crippen LogP contribution >= 0.6 is 27.3 Å². The van der Waals surface area contributed by atoms with Crippen molar-refractivity contribution in [2.45, 2.75) is 26.2 Å². The van der Waals surface area contributed by atoms with Crippen LogP contribution in [-0.2, 0) is 12.8 Å². The standard InChI is InChI=1S/C18H19BrN2O2S/c1-11-3-6-16-12(7-11)9-17(24-16)18(22)21-20-10-13-8-14(19)4-5-15(13)23-2/h4-5,8-11H,3,6-7H2,1-2H3,(H,21,22)/b20-10-/t11-/m1/s1. The number of hydrazone groups is 1. The molecule has 1 N–H and O–H groups in total. The predicted molar refractivity (Wildman–Crippen MR) is 101 cm³/mol. The number of nitrogens with zero attached hydrogens (tertiary/aromatic N) is 1. The first-order valence-corrected chi connectivity index (χ1v) is 9.46. The maximum absolute atomic E-state index is 12.3. The van der Waals surface area contributed by atoms with Crippen molar-refractivity contribution in [1.82, 2.24) is 5.43 Å². The van der Waals surface area contributed by atoms with Crippen molar-refractivity contribution in [3.8, 4) is 5.75 Å². The van der Waals surface area contributed by atoms with Gasteiger partial charge in [-0.1, -0.05) is 22.9 Å². The van der Waals surface area contributed by atoms with E-state index >= 15 is 0 Å². The highest BCUT2D eigenvalue weighted by Gasteiger charge is 2.20. The van der Waals surface area contributed by atoms with E-state index in [9.17, 15) is 4.79 Å². The van der Waals surface area contributed by atoms with Crippen LogP contribution in [0.1, 0.15) is 39.0 Å². The fourth-order valence-corrected chi connectivity index (χ4v) is 4.32. The van der Waals surface area contributed by atoms with Crippen LogP contribution in [-0.4, -0.2) is 19.2 Å². The number of hydrogen-bond donors (Lipinski definition) is 1. The number of benzene rings is 1. The van der Waals surface area contributed by atoms with Crippen LogP contribution in [0.4, 0.5) is 0 Å². The molecule has 0 spiro atoms. The minimum Gasteiger partial charge on any atom is -0.496 e. The van der Waals surface area contributed by atoms with Gasteiger partial charge in [0.05, 0.1) is 18.2 Å². The largest absolute Gasteiger partial charge is 0.496 e. The normalized spacial score (nSPS) is 16.9. The Morgan fingerprint density at radius 1 is 1.46 bits per heavy atom. The first-order chi connectivity index (χ1) is 11.6. The zero-order chi connectivity index (χ0) is 17.1. The minimum absolute atomic E-state index is 0.160. The van der Waals surface area contributed by atoms with E-state index in [0.29, 0.717) is 11.7 Å². The van der Waals surface area contributed by atoms with E-state index in [2.05, 4.69) is 33.4 Å². The maximum atomic E-state index is 12.3. The molecule has 1 heterocycles. The lowest BCUT2D eigenvalue weighted by molar-refractivity contribution is 0.0959. The molecule has 2 aromatic rings. The highest BCUT2D eigenvalue weighted by molar-refractivity contribution is 9.10. The smallest absolute Gasteiger partial charge is 0.281 e. The molecule has 1 amide bonds. The molecule has 0 saturated heterocycles. The summed E-state index contributed by atoms with van der Waals surface area (Å²) in [6.07, 6.45) is 4.94. The van der Waals surface area contributed by atoms with Gasteiger partial charge in [-0.3, -0.25) is 4.79 Å². The number of hydrogen-bond acceptors (Lipinski definition) is 4. The van der Waals surface area contributed by atoms with Gasteiger partial charge in [0.25, 0.3) is 5.91 Å². The number of halogens is 1. The summed E-state index contributed by atoms with van der Waals surface area (Å²) >= 11 is 5.00. The fourth-order valence-electron chi connectivity index (χ4n) is 2.84. The van der Waals surface area contributed by atoms with Crippen molar-refractivity contribution < 1.29 is 9.53 Å². The number of ether oxygens (including phenoxy) is 1. The molecular weight excluding hydrogens is 388 g/mol. The molecule has 0 radical (unpaired) electrons. The molecule has 4 nitrogen and oxygen atoms in total.